The third kappa shape index (κ3) is 6.59. The topological polar surface area (TPSA) is 87.3 Å². The van der Waals surface area contributed by atoms with Gasteiger partial charge in [-0.2, -0.15) is 0 Å². The van der Waals surface area contributed by atoms with Gasteiger partial charge < -0.3 is 19.9 Å². The first kappa shape index (κ1) is 22.9. The molecule has 160 valence electrons. The standard InChI is InChI=1S/C21H34N4O3Si/c1-15(2)18(24-21(27)28-3)20(26)25-12-9-11-17(25)19-22-14-16(23-19)10-7-8-13-29(4,5)6/h7-8,10,13-15,17-18H,9,11-12H2,1-6H3,(H,22,23)(H,24,27)/t17-,18-/m0/s1. The molecular formula is C21H34N4O3Si. The largest absolute Gasteiger partial charge is 0.453 e. The molecule has 0 radical (unpaired) electrons. The van der Waals surface area contributed by atoms with Gasteiger partial charge in [0.25, 0.3) is 0 Å². The predicted molar refractivity (Wildman–Crippen MR) is 118 cm³/mol. The SMILES string of the molecule is COC(=O)N[C@H](C(=O)N1CCC[C@H]1c1ncc(C=CC=C[Si](C)(C)C)[nH]1)C(C)C. The van der Waals surface area contributed by atoms with Gasteiger partial charge in [-0.3, -0.25) is 4.79 Å². The molecule has 2 N–H and O–H groups in total. The number of aromatic amines is 1. The van der Waals surface area contributed by atoms with Gasteiger partial charge in [0.15, 0.2) is 0 Å². The molecular weight excluding hydrogens is 384 g/mol. The number of likely N-dealkylation sites (tertiary alicyclic amines) is 1. The lowest BCUT2D eigenvalue weighted by Gasteiger charge is -2.29. The summed E-state index contributed by atoms with van der Waals surface area (Å²) >= 11 is 0. The molecule has 0 aromatic carbocycles. The molecule has 7 nitrogen and oxygen atoms in total. The zero-order valence-electron chi connectivity index (χ0n) is 18.4. The Morgan fingerprint density at radius 1 is 1.34 bits per heavy atom. The van der Waals surface area contributed by atoms with Crippen LogP contribution >= 0.6 is 0 Å². The van der Waals surface area contributed by atoms with Crippen LogP contribution in [0.4, 0.5) is 4.79 Å². The van der Waals surface area contributed by atoms with Crippen LogP contribution in [0.3, 0.4) is 0 Å². The van der Waals surface area contributed by atoms with E-state index in [4.69, 9.17) is 0 Å². The minimum Gasteiger partial charge on any atom is -0.453 e. The maximum Gasteiger partial charge on any atom is 0.407 e. The highest BCUT2D eigenvalue weighted by Crippen LogP contribution is 2.31. The molecule has 1 aliphatic heterocycles. The van der Waals surface area contributed by atoms with Crippen molar-refractivity contribution < 1.29 is 14.3 Å². The first-order chi connectivity index (χ1) is 13.6. The molecule has 0 spiro atoms. The van der Waals surface area contributed by atoms with Crippen LogP contribution in [0.15, 0.2) is 24.0 Å². The zero-order chi connectivity index (χ0) is 21.6. The Morgan fingerprint density at radius 2 is 2.07 bits per heavy atom. The van der Waals surface area contributed by atoms with Gasteiger partial charge in [0, 0.05) is 6.54 Å². The summed E-state index contributed by atoms with van der Waals surface area (Å²) in [6.07, 6.45) is 9.05. The highest BCUT2D eigenvalue weighted by Gasteiger charge is 2.37. The van der Waals surface area contributed by atoms with Crippen LogP contribution in [0.1, 0.15) is 44.2 Å². The number of alkyl carbamates (subject to hydrolysis) is 1. The van der Waals surface area contributed by atoms with Crippen molar-refractivity contribution in [3.8, 4) is 0 Å². The molecule has 2 atom stereocenters. The second kappa shape index (κ2) is 9.91. The third-order valence-corrected chi connectivity index (χ3v) is 6.03. The molecule has 0 bridgehead atoms. The van der Waals surface area contributed by atoms with Gasteiger partial charge in [-0.15, -0.1) is 0 Å². The number of rotatable bonds is 7. The van der Waals surface area contributed by atoms with Crippen LogP contribution in [0.2, 0.25) is 19.6 Å². The van der Waals surface area contributed by atoms with Crippen LogP contribution in [-0.4, -0.2) is 54.6 Å². The number of carbonyl (C=O) groups is 2. The van der Waals surface area contributed by atoms with E-state index in [1.54, 1.807) is 6.20 Å². The summed E-state index contributed by atoms with van der Waals surface area (Å²) < 4.78 is 4.68. The number of nitrogens with zero attached hydrogens (tertiary/aromatic N) is 2. The molecule has 1 aromatic heterocycles. The molecule has 2 amide bonds. The molecule has 0 unspecified atom stereocenters. The minimum absolute atomic E-state index is 0.0453. The number of hydrogen-bond acceptors (Lipinski definition) is 4. The van der Waals surface area contributed by atoms with Crippen LogP contribution < -0.4 is 5.32 Å². The monoisotopic (exact) mass is 418 g/mol. The maximum atomic E-state index is 13.1. The van der Waals surface area contributed by atoms with Crippen molar-refractivity contribution >= 4 is 26.2 Å². The van der Waals surface area contributed by atoms with E-state index in [1.165, 1.54) is 7.11 Å². The molecule has 0 aliphatic carbocycles. The van der Waals surface area contributed by atoms with E-state index in [-0.39, 0.29) is 17.9 Å². The van der Waals surface area contributed by atoms with Crippen molar-refractivity contribution in [2.75, 3.05) is 13.7 Å². The Hall–Kier alpha value is -2.35. The summed E-state index contributed by atoms with van der Waals surface area (Å²) in [4.78, 5) is 34.4. The number of amides is 2. The molecule has 1 aromatic rings. The Bertz CT molecular complexity index is 764. The molecule has 29 heavy (non-hydrogen) atoms. The smallest absolute Gasteiger partial charge is 0.407 e. The highest BCUT2D eigenvalue weighted by molar-refractivity contribution is 6.81. The lowest BCUT2D eigenvalue weighted by molar-refractivity contribution is -0.135. The quantitative estimate of drug-likeness (QED) is 0.519. The van der Waals surface area contributed by atoms with E-state index in [2.05, 4.69) is 51.4 Å². The third-order valence-electron chi connectivity index (χ3n) is 4.84. The van der Waals surface area contributed by atoms with E-state index >= 15 is 0 Å². The van der Waals surface area contributed by atoms with Crippen molar-refractivity contribution in [1.29, 1.82) is 0 Å². The molecule has 2 rings (SSSR count). The van der Waals surface area contributed by atoms with E-state index < -0.39 is 20.2 Å². The molecule has 1 saturated heterocycles. The summed E-state index contributed by atoms with van der Waals surface area (Å²) in [5.74, 6) is 0.640. The number of hydrogen-bond donors (Lipinski definition) is 2. The van der Waals surface area contributed by atoms with Crippen LogP contribution in [0.5, 0.6) is 0 Å². The summed E-state index contributed by atoms with van der Waals surface area (Å²) in [5.41, 5.74) is 3.19. The first-order valence-electron chi connectivity index (χ1n) is 10.2. The number of allylic oxidation sites excluding steroid dienone is 2. The number of carbonyl (C=O) groups excluding carboxylic acids is 2. The van der Waals surface area contributed by atoms with Crippen LogP contribution in [0.25, 0.3) is 6.08 Å². The molecule has 2 heterocycles. The number of methoxy groups -OCH3 is 1. The van der Waals surface area contributed by atoms with Crippen molar-refractivity contribution in [1.82, 2.24) is 20.2 Å². The number of imidazole rings is 1. The Kier molecular flexibility index (Phi) is 7.84. The first-order valence-corrected chi connectivity index (χ1v) is 13.8. The van der Waals surface area contributed by atoms with Crippen molar-refractivity contribution in [2.24, 2.45) is 5.92 Å². The second-order valence-electron chi connectivity index (χ2n) is 8.86. The molecule has 0 saturated carbocycles. The van der Waals surface area contributed by atoms with Gasteiger partial charge >= 0.3 is 6.09 Å². The maximum absolute atomic E-state index is 13.1. The fraction of sp³-hybridized carbons (Fsp3) is 0.571. The van der Waals surface area contributed by atoms with Gasteiger partial charge in [-0.05, 0) is 24.8 Å². The van der Waals surface area contributed by atoms with Gasteiger partial charge in [0.05, 0.1) is 33.1 Å². The van der Waals surface area contributed by atoms with Gasteiger partial charge in [-0.25, -0.2) is 9.78 Å². The lowest BCUT2D eigenvalue weighted by atomic mass is 10.0. The lowest BCUT2D eigenvalue weighted by Crippen LogP contribution is -2.51. The summed E-state index contributed by atoms with van der Waals surface area (Å²) in [5, 5.41) is 2.67. The van der Waals surface area contributed by atoms with Gasteiger partial charge in [0.2, 0.25) is 5.91 Å². The fourth-order valence-electron chi connectivity index (χ4n) is 3.30. The van der Waals surface area contributed by atoms with Gasteiger partial charge in [-0.1, -0.05) is 51.3 Å². The van der Waals surface area contributed by atoms with E-state index in [1.807, 2.05) is 30.9 Å². The molecule has 1 fully saturated rings. The van der Waals surface area contributed by atoms with Crippen LogP contribution in [-0.2, 0) is 9.53 Å². The summed E-state index contributed by atoms with van der Waals surface area (Å²) in [6.45, 7) is 11.3. The Morgan fingerprint density at radius 3 is 2.69 bits per heavy atom. The highest BCUT2D eigenvalue weighted by atomic mass is 28.3. The predicted octanol–water partition coefficient (Wildman–Crippen LogP) is 3.90. The number of ether oxygens (including phenoxy) is 1. The van der Waals surface area contributed by atoms with Crippen molar-refractivity contribution in [3.63, 3.8) is 0 Å². The average Bonchev–Trinajstić information content (AvgIpc) is 3.30. The number of H-pyrrole nitrogens is 1. The Balaban J connectivity index is 2.11. The second-order valence-corrected chi connectivity index (χ2v) is 13.9. The van der Waals surface area contributed by atoms with Crippen LogP contribution in [0, 0.1) is 5.92 Å². The zero-order valence-corrected chi connectivity index (χ0v) is 19.4. The number of nitrogens with one attached hydrogen (secondary N) is 2. The number of aromatic nitrogens is 2. The van der Waals surface area contributed by atoms with Crippen molar-refractivity contribution in [2.45, 2.75) is 58.4 Å². The summed E-state index contributed by atoms with van der Waals surface area (Å²) in [7, 11) is 0.0896. The van der Waals surface area contributed by atoms with E-state index in [0.29, 0.717) is 6.54 Å². The Labute approximate surface area is 174 Å². The molecule has 1 aliphatic rings. The summed E-state index contributed by atoms with van der Waals surface area (Å²) in [6, 6.07) is -0.730. The normalized spacial score (nSPS) is 18.7. The molecule has 8 heteroatoms. The van der Waals surface area contributed by atoms with E-state index in [9.17, 15) is 9.59 Å². The van der Waals surface area contributed by atoms with Crippen molar-refractivity contribution in [3.05, 3.63) is 35.6 Å². The van der Waals surface area contributed by atoms with Gasteiger partial charge in [0.1, 0.15) is 11.9 Å². The van der Waals surface area contributed by atoms with E-state index in [0.717, 1.165) is 24.4 Å². The minimum atomic E-state index is -1.21. The fourth-order valence-corrected chi connectivity index (χ4v) is 3.99. The average molecular weight is 419 g/mol.